The number of nitrogens with one attached hydrogen (secondary N) is 3. The van der Waals surface area contributed by atoms with E-state index in [1.54, 1.807) is 12.1 Å². The van der Waals surface area contributed by atoms with E-state index in [2.05, 4.69) is 20.5 Å². The molecule has 0 unspecified atom stereocenters. The molecule has 3 aliphatic rings. The van der Waals surface area contributed by atoms with Gasteiger partial charge >= 0.3 is 6.09 Å². The second kappa shape index (κ2) is 19.2. The molecule has 0 radical (unpaired) electrons. The summed E-state index contributed by atoms with van der Waals surface area (Å²) < 4.78 is 12.2. The number of fused-ring (bicyclic) bond motifs is 4. The average Bonchev–Trinajstić information content (AvgIpc) is 3.25. The SMILES string of the molecule is CCN(CCCCNC[C@H](O)c1ccc(O)c2[nH]c(=O)ccc12)C(=O)c1ccc(COc2cccc([C@@H](NC(=O)O[C@H]3CN4CCC3CC4)c3ccccc3)c2)cc1. The number of piperidine rings is 3. The number of ether oxygens (including phenoxy) is 2. The molecule has 304 valence electrons. The highest BCUT2D eigenvalue weighted by atomic mass is 16.6. The molecule has 3 atom stereocenters. The number of hydrogen-bond acceptors (Lipinski definition) is 9. The van der Waals surface area contributed by atoms with Gasteiger partial charge in [-0.25, -0.2) is 4.79 Å². The van der Waals surface area contributed by atoms with Crippen LogP contribution in [0.5, 0.6) is 11.5 Å². The van der Waals surface area contributed by atoms with Crippen molar-refractivity contribution in [2.45, 2.75) is 57.5 Å². The molecule has 5 N–H and O–H groups in total. The number of alkyl carbamates (subject to hydrolysis) is 1. The van der Waals surface area contributed by atoms with Crippen LogP contribution in [-0.4, -0.2) is 88.9 Å². The number of hydrogen-bond donors (Lipinski definition) is 5. The van der Waals surface area contributed by atoms with E-state index in [4.69, 9.17) is 9.47 Å². The lowest BCUT2D eigenvalue weighted by Crippen LogP contribution is -2.52. The fraction of sp³-hybridized carbons (Fsp3) is 0.370. The Hall–Kier alpha value is -5.69. The number of aromatic hydroxyl groups is 1. The first-order chi connectivity index (χ1) is 28.2. The third-order valence-electron chi connectivity index (χ3n) is 11.4. The van der Waals surface area contributed by atoms with Gasteiger partial charge in [0.2, 0.25) is 5.56 Å². The molecule has 12 heteroatoms. The van der Waals surface area contributed by atoms with Gasteiger partial charge in [-0.05, 0) is 117 Å². The van der Waals surface area contributed by atoms with Crippen LogP contribution in [0.1, 0.15) is 77.4 Å². The van der Waals surface area contributed by atoms with Crippen LogP contribution in [0.4, 0.5) is 4.79 Å². The Labute approximate surface area is 338 Å². The van der Waals surface area contributed by atoms with Gasteiger partial charge in [-0.3, -0.25) is 14.5 Å². The summed E-state index contributed by atoms with van der Waals surface area (Å²) in [6.07, 6.45) is 2.41. The maximum absolute atomic E-state index is 13.4. The predicted molar refractivity (Wildman–Crippen MR) is 223 cm³/mol. The molecule has 2 bridgehead atoms. The first-order valence-corrected chi connectivity index (χ1v) is 20.3. The molecule has 8 rings (SSSR count). The van der Waals surface area contributed by atoms with Gasteiger partial charge in [-0.1, -0.05) is 60.7 Å². The molecule has 4 aromatic carbocycles. The molecule has 3 aliphatic heterocycles. The number of carbonyl (C=O) groups excluding carboxylic acids is 2. The quantitative estimate of drug-likeness (QED) is 0.0684. The second-order valence-corrected chi connectivity index (χ2v) is 15.2. The zero-order chi connectivity index (χ0) is 40.4. The van der Waals surface area contributed by atoms with E-state index in [-0.39, 0.29) is 23.3 Å². The van der Waals surface area contributed by atoms with Crippen molar-refractivity contribution in [2.24, 2.45) is 5.92 Å². The largest absolute Gasteiger partial charge is 0.506 e. The zero-order valence-corrected chi connectivity index (χ0v) is 32.9. The number of aromatic amines is 1. The summed E-state index contributed by atoms with van der Waals surface area (Å²) in [7, 11) is 0. The molecule has 0 aliphatic carbocycles. The van der Waals surface area contributed by atoms with Crippen molar-refractivity contribution in [2.75, 3.05) is 45.8 Å². The van der Waals surface area contributed by atoms with Gasteiger partial charge in [0.1, 0.15) is 24.2 Å². The van der Waals surface area contributed by atoms with Gasteiger partial charge in [-0.2, -0.15) is 0 Å². The van der Waals surface area contributed by atoms with Crippen LogP contribution in [0.2, 0.25) is 0 Å². The van der Waals surface area contributed by atoms with Crippen molar-refractivity contribution in [1.29, 1.82) is 0 Å². The Balaban J connectivity index is 0.874. The average molecular weight is 788 g/mol. The Morgan fingerprint density at radius 1 is 0.931 bits per heavy atom. The van der Waals surface area contributed by atoms with Crippen LogP contribution in [0, 0.1) is 5.92 Å². The molecule has 12 nitrogen and oxygen atoms in total. The second-order valence-electron chi connectivity index (χ2n) is 15.2. The Morgan fingerprint density at radius 2 is 1.71 bits per heavy atom. The zero-order valence-electron chi connectivity index (χ0n) is 32.9. The maximum Gasteiger partial charge on any atom is 0.408 e. The van der Waals surface area contributed by atoms with Gasteiger partial charge in [-0.15, -0.1) is 0 Å². The van der Waals surface area contributed by atoms with Crippen LogP contribution >= 0.6 is 0 Å². The first-order valence-electron chi connectivity index (χ1n) is 20.3. The molecule has 3 fully saturated rings. The molecule has 5 aromatic rings. The Bertz CT molecular complexity index is 2200. The van der Waals surface area contributed by atoms with Gasteiger partial charge in [0.05, 0.1) is 17.7 Å². The highest BCUT2D eigenvalue weighted by Gasteiger charge is 2.37. The summed E-state index contributed by atoms with van der Waals surface area (Å²) in [6.45, 7) is 7.38. The lowest BCUT2D eigenvalue weighted by atomic mass is 9.86. The van der Waals surface area contributed by atoms with Crippen LogP contribution < -0.4 is 20.9 Å². The lowest BCUT2D eigenvalue weighted by Gasteiger charge is -2.43. The van der Waals surface area contributed by atoms with Crippen LogP contribution in [0.25, 0.3) is 10.9 Å². The van der Waals surface area contributed by atoms with Crippen molar-refractivity contribution >= 4 is 22.9 Å². The summed E-state index contributed by atoms with van der Waals surface area (Å²) in [5.74, 6) is 1.01. The summed E-state index contributed by atoms with van der Waals surface area (Å²) in [6, 6.07) is 30.8. The van der Waals surface area contributed by atoms with Crippen molar-refractivity contribution in [1.82, 2.24) is 25.4 Å². The van der Waals surface area contributed by atoms with E-state index in [0.29, 0.717) is 66.5 Å². The summed E-state index contributed by atoms with van der Waals surface area (Å²) in [4.78, 5) is 45.2. The molecule has 3 saturated heterocycles. The number of rotatable bonds is 17. The number of benzene rings is 4. The maximum atomic E-state index is 13.4. The van der Waals surface area contributed by atoms with E-state index in [1.807, 2.05) is 90.7 Å². The van der Waals surface area contributed by atoms with E-state index < -0.39 is 18.2 Å². The topological polar surface area (TPSA) is 156 Å². The minimum atomic E-state index is -0.827. The minimum Gasteiger partial charge on any atom is -0.506 e. The molecule has 0 spiro atoms. The van der Waals surface area contributed by atoms with Crippen LogP contribution in [-0.2, 0) is 11.3 Å². The molecular formula is C46H53N5O7. The molecular weight excluding hydrogens is 735 g/mol. The first kappa shape index (κ1) is 40.5. The number of phenolic OH excluding ortho intramolecular Hbond substituents is 1. The van der Waals surface area contributed by atoms with Gasteiger partial charge in [0.15, 0.2) is 0 Å². The monoisotopic (exact) mass is 787 g/mol. The Kier molecular flexibility index (Phi) is 13.4. The predicted octanol–water partition coefficient (Wildman–Crippen LogP) is 6.29. The summed E-state index contributed by atoms with van der Waals surface area (Å²) in [5, 5.41) is 27.9. The van der Waals surface area contributed by atoms with Gasteiger partial charge in [0, 0.05) is 43.2 Å². The number of H-pyrrole nitrogens is 1. The number of unbranched alkanes of at least 4 members (excludes halogenated alkanes) is 1. The highest BCUT2D eigenvalue weighted by Crippen LogP contribution is 2.31. The van der Waals surface area contributed by atoms with Crippen LogP contribution in [0.3, 0.4) is 0 Å². The minimum absolute atomic E-state index is 0.0326. The van der Waals surface area contributed by atoms with Gasteiger partial charge in [0.25, 0.3) is 5.91 Å². The standard InChI is InChI=1S/C46H53N5O7/c1-2-51(24-7-6-23-47-28-40(53)37-17-19-39(52)44-38(37)18-20-42(54)48-44)45(55)34-15-13-31(14-16-34)30-57-36-12-8-11-35(27-36)43(33-9-4-3-5-10-33)49-46(56)58-41-29-50-25-21-32(41)22-26-50/h3-5,8-20,27,32,40-41,43,47,52-53H,2,6-7,21-26,28-30H2,1H3,(H,48,54)(H,49,56)/t40-,41-,43-/m0/s1. The van der Waals surface area contributed by atoms with Crippen molar-refractivity contribution in [3.05, 3.63) is 141 Å². The number of aliphatic hydroxyl groups is 1. The number of aromatic nitrogens is 1. The van der Waals surface area contributed by atoms with E-state index >= 15 is 0 Å². The number of aliphatic hydroxyl groups excluding tert-OH is 1. The fourth-order valence-electron chi connectivity index (χ4n) is 8.07. The molecule has 58 heavy (non-hydrogen) atoms. The summed E-state index contributed by atoms with van der Waals surface area (Å²) in [5.41, 5.74) is 3.96. The number of carbonyl (C=O) groups is 2. The molecule has 1 aromatic heterocycles. The number of pyridine rings is 1. The van der Waals surface area contributed by atoms with E-state index in [1.165, 1.54) is 12.1 Å². The molecule has 4 heterocycles. The van der Waals surface area contributed by atoms with Crippen LogP contribution in [0.15, 0.2) is 108 Å². The lowest BCUT2D eigenvalue weighted by molar-refractivity contribution is -0.0336. The Morgan fingerprint density at radius 3 is 2.45 bits per heavy atom. The smallest absolute Gasteiger partial charge is 0.408 e. The highest BCUT2D eigenvalue weighted by molar-refractivity contribution is 5.94. The van der Waals surface area contributed by atoms with E-state index in [9.17, 15) is 24.6 Å². The molecule has 2 amide bonds. The van der Waals surface area contributed by atoms with Crippen molar-refractivity contribution in [3.63, 3.8) is 0 Å². The number of amides is 2. The van der Waals surface area contributed by atoms with E-state index in [0.717, 1.165) is 62.0 Å². The van der Waals surface area contributed by atoms with Crippen molar-refractivity contribution < 1.29 is 29.3 Å². The third kappa shape index (κ3) is 10.1. The fourth-order valence-corrected chi connectivity index (χ4v) is 8.07. The van der Waals surface area contributed by atoms with Gasteiger partial charge < -0.3 is 40.2 Å². The normalized spacial score (nSPS) is 18.3. The molecule has 0 saturated carbocycles. The summed E-state index contributed by atoms with van der Waals surface area (Å²) >= 11 is 0. The number of nitrogens with zero attached hydrogens (tertiary/aromatic N) is 2. The number of phenols is 1. The third-order valence-corrected chi connectivity index (χ3v) is 11.4. The van der Waals surface area contributed by atoms with Crippen molar-refractivity contribution in [3.8, 4) is 11.5 Å².